The Labute approximate surface area is 173 Å². The molecule has 0 atom stereocenters. The third kappa shape index (κ3) is 5.14. The number of nitrogens with one attached hydrogen (secondary N) is 1. The van der Waals surface area contributed by atoms with Gasteiger partial charge in [-0.3, -0.25) is 0 Å². The van der Waals surface area contributed by atoms with E-state index in [4.69, 9.17) is 9.84 Å². The molecule has 28 heavy (non-hydrogen) atoms. The number of carboxylic acids is 1. The fourth-order valence-electron chi connectivity index (χ4n) is 2.92. The summed E-state index contributed by atoms with van der Waals surface area (Å²) in [6.45, 7) is 3.16. The molecule has 0 aliphatic rings. The van der Waals surface area contributed by atoms with Gasteiger partial charge < -0.3 is 15.2 Å². The minimum Gasteiger partial charge on any atom is -0.489 e. The van der Waals surface area contributed by atoms with Crippen LogP contribution in [0, 0.1) is 0 Å². The Bertz CT molecular complexity index is 954. The van der Waals surface area contributed by atoms with Crippen LogP contribution in [-0.4, -0.2) is 11.1 Å². The zero-order valence-electron chi connectivity index (χ0n) is 15.6. The Morgan fingerprint density at radius 2 is 1.79 bits per heavy atom. The third-order valence-corrected chi connectivity index (χ3v) is 4.98. The van der Waals surface area contributed by atoms with Crippen LogP contribution in [0.1, 0.15) is 34.0 Å². The van der Waals surface area contributed by atoms with Crippen LogP contribution in [0.2, 0.25) is 0 Å². The predicted octanol–water partition coefficient (Wildman–Crippen LogP) is 5.90. The summed E-state index contributed by atoms with van der Waals surface area (Å²) in [6.07, 6.45) is 0.970. The van der Waals surface area contributed by atoms with Crippen molar-refractivity contribution in [3.05, 3.63) is 93.5 Å². The Balaban J connectivity index is 1.70. The first-order valence-electron chi connectivity index (χ1n) is 9.12. The molecule has 0 spiro atoms. The topological polar surface area (TPSA) is 58.6 Å². The van der Waals surface area contributed by atoms with E-state index in [-0.39, 0.29) is 5.56 Å². The summed E-state index contributed by atoms with van der Waals surface area (Å²) < 4.78 is 7.01. The molecule has 0 amide bonds. The second-order valence-electron chi connectivity index (χ2n) is 6.41. The van der Waals surface area contributed by atoms with E-state index in [1.807, 2.05) is 30.3 Å². The van der Waals surface area contributed by atoms with Crippen LogP contribution in [0.4, 0.5) is 5.69 Å². The highest BCUT2D eigenvalue weighted by molar-refractivity contribution is 9.10. The van der Waals surface area contributed by atoms with Crippen molar-refractivity contribution in [3.63, 3.8) is 0 Å². The van der Waals surface area contributed by atoms with Gasteiger partial charge in [0.2, 0.25) is 0 Å². The second-order valence-corrected chi connectivity index (χ2v) is 7.32. The molecule has 144 valence electrons. The first-order valence-corrected chi connectivity index (χ1v) is 9.91. The molecule has 0 radical (unpaired) electrons. The highest BCUT2D eigenvalue weighted by Gasteiger charge is 2.08. The molecule has 0 fully saturated rings. The predicted molar refractivity (Wildman–Crippen MR) is 115 cm³/mol. The SMILES string of the molecule is CCc1ccccc1NCc1cc(Br)ccc1OCc1ccc(C(=O)O)cc1. The van der Waals surface area contributed by atoms with Gasteiger partial charge in [-0.2, -0.15) is 0 Å². The monoisotopic (exact) mass is 439 g/mol. The van der Waals surface area contributed by atoms with Crippen LogP contribution in [0.15, 0.2) is 71.2 Å². The standard InChI is InChI=1S/C23H22BrNO3/c1-2-17-5-3-4-6-21(17)25-14-19-13-20(24)11-12-22(19)28-15-16-7-9-18(10-8-16)23(26)27/h3-13,25H,2,14-15H2,1H3,(H,26,27). The molecule has 3 aromatic carbocycles. The van der Waals surface area contributed by atoms with Crippen LogP contribution in [-0.2, 0) is 19.6 Å². The van der Waals surface area contributed by atoms with E-state index in [9.17, 15) is 4.79 Å². The van der Waals surface area contributed by atoms with Crippen LogP contribution in [0.5, 0.6) is 5.75 Å². The molecular weight excluding hydrogens is 418 g/mol. The van der Waals surface area contributed by atoms with Gasteiger partial charge in [0.25, 0.3) is 0 Å². The number of aromatic carboxylic acids is 1. The van der Waals surface area contributed by atoms with Crippen molar-refractivity contribution in [2.45, 2.75) is 26.5 Å². The van der Waals surface area contributed by atoms with E-state index in [1.54, 1.807) is 24.3 Å². The summed E-state index contributed by atoms with van der Waals surface area (Å²) >= 11 is 3.53. The largest absolute Gasteiger partial charge is 0.489 e. The molecule has 4 nitrogen and oxygen atoms in total. The molecule has 0 heterocycles. The number of carboxylic acid groups (broad SMARTS) is 1. The van der Waals surface area contributed by atoms with Crippen molar-refractivity contribution in [1.29, 1.82) is 0 Å². The van der Waals surface area contributed by atoms with Crippen molar-refractivity contribution in [1.82, 2.24) is 0 Å². The summed E-state index contributed by atoms with van der Waals surface area (Å²) in [5.74, 6) is -0.131. The average Bonchev–Trinajstić information content (AvgIpc) is 2.72. The minimum atomic E-state index is -0.930. The number of anilines is 1. The number of halogens is 1. The van der Waals surface area contributed by atoms with Gasteiger partial charge in [-0.15, -0.1) is 0 Å². The normalized spacial score (nSPS) is 10.5. The molecular formula is C23H22BrNO3. The molecule has 0 aromatic heterocycles. The summed E-state index contributed by atoms with van der Waals surface area (Å²) in [6, 6.07) is 21.0. The van der Waals surface area contributed by atoms with E-state index < -0.39 is 5.97 Å². The zero-order valence-corrected chi connectivity index (χ0v) is 17.2. The highest BCUT2D eigenvalue weighted by Crippen LogP contribution is 2.26. The molecule has 2 N–H and O–H groups in total. The maximum atomic E-state index is 11.0. The Hall–Kier alpha value is -2.79. The van der Waals surface area contributed by atoms with Gasteiger partial charge >= 0.3 is 5.97 Å². The summed E-state index contributed by atoms with van der Waals surface area (Å²) in [7, 11) is 0. The van der Waals surface area contributed by atoms with E-state index >= 15 is 0 Å². The summed E-state index contributed by atoms with van der Waals surface area (Å²) in [5, 5.41) is 12.5. The van der Waals surface area contributed by atoms with Gasteiger partial charge in [0, 0.05) is 22.3 Å². The van der Waals surface area contributed by atoms with Gasteiger partial charge in [0.15, 0.2) is 0 Å². The Kier molecular flexibility index (Phi) is 6.71. The lowest BCUT2D eigenvalue weighted by molar-refractivity contribution is 0.0697. The van der Waals surface area contributed by atoms with E-state index in [0.29, 0.717) is 13.2 Å². The van der Waals surface area contributed by atoms with Crippen LogP contribution < -0.4 is 10.1 Å². The molecule has 3 rings (SSSR count). The van der Waals surface area contributed by atoms with Gasteiger partial charge in [0.1, 0.15) is 12.4 Å². The maximum absolute atomic E-state index is 11.0. The molecule has 0 aliphatic carbocycles. The summed E-state index contributed by atoms with van der Waals surface area (Å²) in [4.78, 5) is 11.0. The molecule has 0 bridgehead atoms. The number of para-hydroxylation sites is 1. The highest BCUT2D eigenvalue weighted by atomic mass is 79.9. The quantitative estimate of drug-likeness (QED) is 0.458. The molecule has 0 aliphatic heterocycles. The number of rotatable bonds is 8. The lowest BCUT2D eigenvalue weighted by Crippen LogP contribution is -2.05. The first kappa shape index (κ1) is 20.0. The lowest BCUT2D eigenvalue weighted by atomic mass is 10.1. The van der Waals surface area contributed by atoms with Crippen molar-refractivity contribution < 1.29 is 14.6 Å². The third-order valence-electron chi connectivity index (χ3n) is 4.49. The number of ether oxygens (including phenoxy) is 1. The molecule has 0 saturated heterocycles. The average molecular weight is 440 g/mol. The number of benzene rings is 3. The fraction of sp³-hybridized carbons (Fsp3) is 0.174. The summed E-state index contributed by atoms with van der Waals surface area (Å²) in [5.41, 5.74) is 4.64. The van der Waals surface area contributed by atoms with E-state index in [1.165, 1.54) is 5.56 Å². The molecule has 0 unspecified atom stereocenters. The van der Waals surface area contributed by atoms with Crippen LogP contribution >= 0.6 is 15.9 Å². The molecule has 3 aromatic rings. The lowest BCUT2D eigenvalue weighted by Gasteiger charge is -2.15. The number of carbonyl (C=O) groups is 1. The second kappa shape index (κ2) is 9.42. The van der Waals surface area contributed by atoms with Gasteiger partial charge in [-0.1, -0.05) is 53.2 Å². The van der Waals surface area contributed by atoms with Crippen molar-refractivity contribution in [3.8, 4) is 5.75 Å². The van der Waals surface area contributed by atoms with Gasteiger partial charge in [-0.25, -0.2) is 4.79 Å². The first-order chi connectivity index (χ1) is 13.6. The molecule has 0 saturated carbocycles. The van der Waals surface area contributed by atoms with Gasteiger partial charge in [0.05, 0.1) is 5.56 Å². The smallest absolute Gasteiger partial charge is 0.335 e. The molecule has 5 heteroatoms. The fourth-order valence-corrected chi connectivity index (χ4v) is 3.33. The van der Waals surface area contributed by atoms with E-state index in [0.717, 1.165) is 33.5 Å². The maximum Gasteiger partial charge on any atom is 0.335 e. The Morgan fingerprint density at radius 3 is 2.50 bits per heavy atom. The van der Waals surface area contributed by atoms with Gasteiger partial charge in [-0.05, 0) is 53.9 Å². The van der Waals surface area contributed by atoms with Crippen molar-refractivity contribution in [2.24, 2.45) is 0 Å². The number of hydrogen-bond donors (Lipinski definition) is 2. The Morgan fingerprint density at radius 1 is 1.04 bits per heavy atom. The van der Waals surface area contributed by atoms with Crippen LogP contribution in [0.3, 0.4) is 0 Å². The van der Waals surface area contributed by atoms with E-state index in [2.05, 4.69) is 40.3 Å². The minimum absolute atomic E-state index is 0.270. The zero-order chi connectivity index (χ0) is 19.9. The van der Waals surface area contributed by atoms with Crippen molar-refractivity contribution >= 4 is 27.6 Å². The number of aryl methyl sites for hydroxylation is 1. The van der Waals surface area contributed by atoms with Crippen molar-refractivity contribution in [2.75, 3.05) is 5.32 Å². The number of hydrogen-bond acceptors (Lipinski definition) is 3. The van der Waals surface area contributed by atoms with Crippen LogP contribution in [0.25, 0.3) is 0 Å².